The lowest BCUT2D eigenvalue weighted by Crippen LogP contribution is -2.00. The minimum absolute atomic E-state index is 0.0155. The Morgan fingerprint density at radius 3 is 2.57 bits per heavy atom. The van der Waals surface area contributed by atoms with Crippen molar-refractivity contribution in [2.45, 2.75) is 0 Å². The summed E-state index contributed by atoms with van der Waals surface area (Å²) in [4.78, 5) is 26.4. The van der Waals surface area contributed by atoms with Crippen LogP contribution in [0.1, 0.15) is 15.9 Å². The Labute approximate surface area is 128 Å². The van der Waals surface area contributed by atoms with Crippen LogP contribution in [0, 0.1) is 10.1 Å². The first kappa shape index (κ1) is 14.9. The van der Waals surface area contributed by atoms with Gasteiger partial charge in [-0.15, -0.1) is 0 Å². The molecular weight excluding hydrogens is 340 g/mol. The highest BCUT2D eigenvalue weighted by atomic mass is 79.9. The third kappa shape index (κ3) is 4.22. The summed E-state index contributed by atoms with van der Waals surface area (Å²) < 4.78 is 0.760. The Hall–Kier alpha value is -2.54. The number of non-ortho nitro benzene ring substituents is 1. The van der Waals surface area contributed by atoms with Crippen LogP contribution in [-0.2, 0) is 4.84 Å². The maximum Gasteiger partial charge on any atom is 0.365 e. The molecular formula is C14H9BrN2O4. The van der Waals surface area contributed by atoms with E-state index >= 15 is 0 Å². The van der Waals surface area contributed by atoms with Gasteiger partial charge in [0.2, 0.25) is 0 Å². The van der Waals surface area contributed by atoms with E-state index in [0.717, 1.165) is 4.47 Å². The molecule has 0 saturated heterocycles. The number of halogens is 1. The molecule has 0 heterocycles. The SMILES string of the molecule is O=C(O/N=C/c1ccc([N+](=O)[O-])cc1)c1cccc(Br)c1. The quantitative estimate of drug-likeness (QED) is 0.366. The van der Waals surface area contributed by atoms with Crippen molar-refractivity contribution in [1.82, 2.24) is 0 Å². The highest BCUT2D eigenvalue weighted by Gasteiger charge is 2.07. The van der Waals surface area contributed by atoms with Crippen LogP contribution >= 0.6 is 15.9 Å². The maximum atomic E-state index is 11.7. The highest BCUT2D eigenvalue weighted by molar-refractivity contribution is 9.10. The van der Waals surface area contributed by atoms with Gasteiger partial charge in [0.05, 0.1) is 16.7 Å². The minimum atomic E-state index is -0.588. The number of carbonyl (C=O) groups excluding carboxylic acids is 1. The molecule has 0 saturated carbocycles. The Kier molecular flexibility index (Phi) is 4.78. The van der Waals surface area contributed by atoms with Gasteiger partial charge in [-0.05, 0) is 35.9 Å². The molecule has 0 aliphatic carbocycles. The monoisotopic (exact) mass is 348 g/mol. The molecule has 106 valence electrons. The predicted octanol–water partition coefficient (Wildman–Crippen LogP) is 3.55. The Morgan fingerprint density at radius 1 is 1.24 bits per heavy atom. The molecule has 0 aliphatic rings. The number of hydrogen-bond acceptors (Lipinski definition) is 5. The zero-order valence-electron chi connectivity index (χ0n) is 10.6. The number of nitrogens with zero attached hydrogens (tertiary/aromatic N) is 2. The number of nitro groups is 1. The van der Waals surface area contributed by atoms with Gasteiger partial charge < -0.3 is 4.84 Å². The fraction of sp³-hybridized carbons (Fsp3) is 0. The number of carbonyl (C=O) groups is 1. The summed E-state index contributed by atoms with van der Waals surface area (Å²) in [6, 6.07) is 12.4. The second kappa shape index (κ2) is 6.76. The van der Waals surface area contributed by atoms with Crippen molar-refractivity contribution in [3.63, 3.8) is 0 Å². The van der Waals surface area contributed by atoms with Crippen LogP contribution in [0.5, 0.6) is 0 Å². The van der Waals surface area contributed by atoms with Gasteiger partial charge in [0.15, 0.2) is 0 Å². The molecule has 7 heteroatoms. The van der Waals surface area contributed by atoms with Crippen molar-refractivity contribution in [2.24, 2.45) is 5.16 Å². The van der Waals surface area contributed by atoms with Gasteiger partial charge in [-0.3, -0.25) is 10.1 Å². The Bertz CT molecular complexity index is 698. The summed E-state index contributed by atoms with van der Waals surface area (Å²) in [5, 5.41) is 14.1. The molecule has 0 aliphatic heterocycles. The zero-order chi connectivity index (χ0) is 15.2. The van der Waals surface area contributed by atoms with Gasteiger partial charge in [0.25, 0.3) is 5.69 Å². The maximum absolute atomic E-state index is 11.7. The van der Waals surface area contributed by atoms with E-state index in [1.807, 2.05) is 0 Å². The van der Waals surface area contributed by atoms with Crippen molar-refractivity contribution >= 4 is 33.8 Å². The van der Waals surface area contributed by atoms with Crippen molar-refractivity contribution in [2.75, 3.05) is 0 Å². The van der Waals surface area contributed by atoms with Gasteiger partial charge in [-0.1, -0.05) is 27.2 Å². The average Bonchev–Trinajstić information content (AvgIpc) is 2.47. The minimum Gasteiger partial charge on any atom is -0.313 e. The third-order valence-corrected chi connectivity index (χ3v) is 2.99. The van der Waals surface area contributed by atoms with Gasteiger partial charge in [0.1, 0.15) is 0 Å². The zero-order valence-corrected chi connectivity index (χ0v) is 12.2. The summed E-state index contributed by atoms with van der Waals surface area (Å²) in [6.45, 7) is 0. The molecule has 0 aromatic heterocycles. The van der Waals surface area contributed by atoms with Crippen molar-refractivity contribution in [3.8, 4) is 0 Å². The first-order chi connectivity index (χ1) is 10.1. The fourth-order valence-corrected chi connectivity index (χ4v) is 1.88. The van der Waals surface area contributed by atoms with Crippen LogP contribution in [0.25, 0.3) is 0 Å². The van der Waals surface area contributed by atoms with Crippen LogP contribution in [0.2, 0.25) is 0 Å². The fourth-order valence-electron chi connectivity index (χ4n) is 1.49. The van der Waals surface area contributed by atoms with E-state index in [9.17, 15) is 14.9 Å². The molecule has 2 aromatic carbocycles. The van der Waals surface area contributed by atoms with Crippen LogP contribution in [0.3, 0.4) is 0 Å². The smallest absolute Gasteiger partial charge is 0.313 e. The highest BCUT2D eigenvalue weighted by Crippen LogP contribution is 2.13. The van der Waals surface area contributed by atoms with E-state index in [-0.39, 0.29) is 5.69 Å². The molecule has 0 spiro atoms. The molecule has 0 fully saturated rings. The average molecular weight is 349 g/mol. The van der Waals surface area contributed by atoms with E-state index in [4.69, 9.17) is 4.84 Å². The molecule has 0 atom stereocenters. The molecule has 2 aromatic rings. The van der Waals surface area contributed by atoms with Gasteiger partial charge >= 0.3 is 5.97 Å². The summed E-state index contributed by atoms with van der Waals surface area (Å²) in [5.41, 5.74) is 0.936. The molecule has 2 rings (SSSR count). The van der Waals surface area contributed by atoms with Crippen LogP contribution in [0.15, 0.2) is 58.2 Å². The molecule has 21 heavy (non-hydrogen) atoms. The first-order valence-corrected chi connectivity index (χ1v) is 6.60. The summed E-state index contributed by atoms with van der Waals surface area (Å²) in [7, 11) is 0. The lowest BCUT2D eigenvalue weighted by atomic mass is 10.2. The third-order valence-electron chi connectivity index (χ3n) is 2.50. The van der Waals surface area contributed by atoms with Gasteiger partial charge in [0, 0.05) is 16.6 Å². The molecule has 0 N–H and O–H groups in total. The van der Waals surface area contributed by atoms with E-state index in [2.05, 4.69) is 21.1 Å². The summed E-state index contributed by atoms with van der Waals surface area (Å²) in [6.07, 6.45) is 1.31. The molecule has 6 nitrogen and oxygen atoms in total. The van der Waals surface area contributed by atoms with Crippen LogP contribution in [-0.4, -0.2) is 17.1 Å². The number of oxime groups is 1. The van der Waals surface area contributed by atoms with Crippen LogP contribution < -0.4 is 0 Å². The number of hydrogen-bond donors (Lipinski definition) is 0. The molecule has 0 bridgehead atoms. The second-order valence-electron chi connectivity index (χ2n) is 3.97. The van der Waals surface area contributed by atoms with Crippen molar-refractivity contribution in [3.05, 3.63) is 74.2 Å². The van der Waals surface area contributed by atoms with Crippen molar-refractivity contribution < 1.29 is 14.6 Å². The molecule has 0 amide bonds. The Morgan fingerprint density at radius 2 is 1.95 bits per heavy atom. The van der Waals surface area contributed by atoms with Gasteiger partial charge in [-0.2, -0.15) is 0 Å². The standard InChI is InChI=1S/C14H9BrN2O4/c15-12-3-1-2-11(8-12)14(18)21-16-9-10-4-6-13(7-5-10)17(19)20/h1-9H/b16-9+. The normalized spacial score (nSPS) is 10.5. The molecule has 0 unspecified atom stereocenters. The Balaban J connectivity index is 1.99. The number of nitro benzene ring substituents is 1. The topological polar surface area (TPSA) is 81.8 Å². The van der Waals surface area contributed by atoms with Crippen molar-refractivity contribution in [1.29, 1.82) is 0 Å². The van der Waals surface area contributed by atoms with E-state index in [1.165, 1.54) is 30.5 Å². The van der Waals surface area contributed by atoms with E-state index < -0.39 is 10.9 Å². The first-order valence-electron chi connectivity index (χ1n) is 5.81. The lowest BCUT2D eigenvalue weighted by Gasteiger charge is -1.98. The van der Waals surface area contributed by atoms with E-state index in [1.54, 1.807) is 24.3 Å². The van der Waals surface area contributed by atoms with E-state index in [0.29, 0.717) is 11.1 Å². The largest absolute Gasteiger partial charge is 0.365 e. The second-order valence-corrected chi connectivity index (χ2v) is 4.89. The van der Waals surface area contributed by atoms with Gasteiger partial charge in [-0.25, -0.2) is 4.79 Å². The lowest BCUT2D eigenvalue weighted by molar-refractivity contribution is -0.384. The predicted molar refractivity (Wildman–Crippen MR) is 80.2 cm³/mol. The van der Waals surface area contributed by atoms with Crippen LogP contribution in [0.4, 0.5) is 5.69 Å². The summed E-state index contributed by atoms with van der Waals surface area (Å²) in [5.74, 6) is -0.588. The summed E-state index contributed by atoms with van der Waals surface area (Å²) >= 11 is 3.25. The number of benzene rings is 2. The molecule has 0 radical (unpaired) electrons. The number of rotatable bonds is 4.